The number of rotatable bonds is 4. The van der Waals surface area contributed by atoms with Crippen molar-refractivity contribution in [3.8, 4) is 0 Å². The molecule has 1 aromatic carbocycles. The fraction of sp³-hybridized carbons (Fsp3) is 0.357. The maximum Gasteiger partial charge on any atom is 0.0947 e. The number of thiazole rings is 1. The van der Waals surface area contributed by atoms with Crippen molar-refractivity contribution in [2.45, 2.75) is 26.3 Å². The van der Waals surface area contributed by atoms with Crippen LogP contribution in [0.5, 0.6) is 0 Å². The van der Waals surface area contributed by atoms with E-state index in [1.54, 1.807) is 11.3 Å². The zero-order valence-corrected chi connectivity index (χ0v) is 13.2. The van der Waals surface area contributed by atoms with Gasteiger partial charge in [0.25, 0.3) is 0 Å². The molecule has 4 heteroatoms. The smallest absolute Gasteiger partial charge is 0.0947 e. The third-order valence-electron chi connectivity index (χ3n) is 2.92. The number of nitrogens with one attached hydrogen (secondary N) is 1. The fourth-order valence-corrected chi connectivity index (χ4v) is 3.31. The molecule has 0 fully saturated rings. The highest BCUT2D eigenvalue weighted by molar-refractivity contribution is 9.10. The third kappa shape index (κ3) is 3.19. The Bertz CT molecular complexity index is 536. The van der Waals surface area contributed by atoms with Gasteiger partial charge in [0.05, 0.1) is 5.01 Å². The molecular formula is C14H17BrN2S. The second-order valence-corrected chi connectivity index (χ2v) is 6.25. The summed E-state index contributed by atoms with van der Waals surface area (Å²) in [6.07, 6.45) is 0.928. The molecule has 0 saturated heterocycles. The summed E-state index contributed by atoms with van der Waals surface area (Å²) in [6, 6.07) is 6.76. The van der Waals surface area contributed by atoms with Crippen molar-refractivity contribution < 1.29 is 0 Å². The highest BCUT2D eigenvalue weighted by Gasteiger charge is 2.15. The first-order valence-corrected chi connectivity index (χ1v) is 7.61. The molecule has 0 aliphatic carbocycles. The van der Waals surface area contributed by atoms with Gasteiger partial charge in [-0.25, -0.2) is 4.98 Å². The van der Waals surface area contributed by atoms with Crippen molar-refractivity contribution in [2.24, 2.45) is 0 Å². The second kappa shape index (κ2) is 5.95. The maximum atomic E-state index is 4.54. The van der Waals surface area contributed by atoms with Gasteiger partial charge in [0, 0.05) is 28.0 Å². The predicted molar refractivity (Wildman–Crippen MR) is 81.2 cm³/mol. The van der Waals surface area contributed by atoms with Crippen LogP contribution in [0.4, 0.5) is 0 Å². The Hall–Kier alpha value is -0.710. The van der Waals surface area contributed by atoms with Crippen LogP contribution in [0.15, 0.2) is 28.1 Å². The lowest BCUT2D eigenvalue weighted by Gasteiger charge is -2.17. The van der Waals surface area contributed by atoms with Crippen LogP contribution in [0, 0.1) is 13.8 Å². The van der Waals surface area contributed by atoms with Crippen LogP contribution < -0.4 is 5.32 Å². The number of nitrogens with zero attached hydrogens (tertiary/aromatic N) is 1. The van der Waals surface area contributed by atoms with Crippen LogP contribution in [0.25, 0.3) is 0 Å². The summed E-state index contributed by atoms with van der Waals surface area (Å²) >= 11 is 5.36. The van der Waals surface area contributed by atoms with Gasteiger partial charge in [-0.1, -0.05) is 33.6 Å². The molecule has 0 aliphatic heterocycles. The van der Waals surface area contributed by atoms with Crippen molar-refractivity contribution in [3.63, 3.8) is 0 Å². The molecule has 2 aromatic rings. The first-order chi connectivity index (χ1) is 8.60. The largest absolute Gasteiger partial charge is 0.313 e. The molecule has 0 aliphatic rings. The van der Waals surface area contributed by atoms with E-state index in [1.807, 2.05) is 14.0 Å². The number of aryl methyl sites for hydroxylation is 2. The van der Waals surface area contributed by atoms with Crippen molar-refractivity contribution in [2.75, 3.05) is 7.05 Å². The van der Waals surface area contributed by atoms with E-state index in [4.69, 9.17) is 0 Å². The van der Waals surface area contributed by atoms with Gasteiger partial charge >= 0.3 is 0 Å². The van der Waals surface area contributed by atoms with E-state index in [0.717, 1.165) is 16.6 Å². The minimum atomic E-state index is 0.296. The van der Waals surface area contributed by atoms with Gasteiger partial charge in [-0.3, -0.25) is 0 Å². The normalized spacial score (nSPS) is 12.7. The van der Waals surface area contributed by atoms with Crippen LogP contribution in [0.2, 0.25) is 0 Å². The first-order valence-electron chi connectivity index (χ1n) is 5.94. The molecule has 1 aromatic heterocycles. The van der Waals surface area contributed by atoms with Crippen molar-refractivity contribution in [3.05, 3.63) is 49.9 Å². The number of hydrogen-bond donors (Lipinski definition) is 1. The van der Waals surface area contributed by atoms with Crippen molar-refractivity contribution in [1.29, 1.82) is 0 Å². The molecule has 96 valence electrons. The quantitative estimate of drug-likeness (QED) is 0.918. The maximum absolute atomic E-state index is 4.54. The lowest BCUT2D eigenvalue weighted by molar-refractivity contribution is 0.587. The number of halogens is 1. The summed E-state index contributed by atoms with van der Waals surface area (Å²) in [6.45, 7) is 4.16. The van der Waals surface area contributed by atoms with E-state index < -0.39 is 0 Å². The highest BCUT2D eigenvalue weighted by Crippen LogP contribution is 2.27. The Balaban J connectivity index is 2.25. The van der Waals surface area contributed by atoms with Crippen LogP contribution >= 0.6 is 27.3 Å². The molecule has 18 heavy (non-hydrogen) atoms. The summed E-state index contributed by atoms with van der Waals surface area (Å²) in [5.41, 5.74) is 3.68. The van der Waals surface area contributed by atoms with E-state index in [2.05, 4.69) is 56.7 Å². The number of likely N-dealkylation sites (N-methyl/N-ethyl adjacent to an activating group) is 1. The van der Waals surface area contributed by atoms with E-state index in [0.29, 0.717) is 6.04 Å². The van der Waals surface area contributed by atoms with Gasteiger partial charge < -0.3 is 5.32 Å². The topological polar surface area (TPSA) is 24.9 Å². The summed E-state index contributed by atoms with van der Waals surface area (Å²) in [5, 5.41) is 6.67. The van der Waals surface area contributed by atoms with E-state index >= 15 is 0 Å². The van der Waals surface area contributed by atoms with Crippen molar-refractivity contribution >= 4 is 27.3 Å². The summed E-state index contributed by atoms with van der Waals surface area (Å²) in [7, 11) is 2.00. The number of aromatic nitrogens is 1. The zero-order valence-electron chi connectivity index (χ0n) is 10.8. The minimum Gasteiger partial charge on any atom is -0.313 e. The Kier molecular flexibility index (Phi) is 4.54. The minimum absolute atomic E-state index is 0.296. The van der Waals surface area contributed by atoms with Crippen LogP contribution in [0.3, 0.4) is 0 Å². The van der Waals surface area contributed by atoms with Gasteiger partial charge in [0.15, 0.2) is 0 Å². The zero-order chi connectivity index (χ0) is 13.1. The molecule has 0 amide bonds. The van der Waals surface area contributed by atoms with E-state index in [1.165, 1.54) is 16.1 Å². The SMILES string of the molecule is CNC(Cc1nc(C)cs1)c1cc(C)ccc1Br. The Morgan fingerprint density at radius 2 is 2.17 bits per heavy atom. The molecule has 0 spiro atoms. The summed E-state index contributed by atoms with van der Waals surface area (Å²) in [5.74, 6) is 0. The van der Waals surface area contributed by atoms with Gasteiger partial charge in [0.2, 0.25) is 0 Å². The van der Waals surface area contributed by atoms with E-state index in [9.17, 15) is 0 Å². The molecule has 2 nitrogen and oxygen atoms in total. The number of hydrogen-bond acceptors (Lipinski definition) is 3. The monoisotopic (exact) mass is 324 g/mol. The fourth-order valence-electron chi connectivity index (χ4n) is 1.97. The van der Waals surface area contributed by atoms with E-state index in [-0.39, 0.29) is 0 Å². The molecule has 1 unspecified atom stereocenters. The molecule has 2 rings (SSSR count). The standard InChI is InChI=1S/C14H17BrN2S/c1-9-4-5-12(15)11(6-9)13(16-3)7-14-17-10(2)8-18-14/h4-6,8,13,16H,7H2,1-3H3. The Labute approximate surface area is 121 Å². The average Bonchev–Trinajstić information content (AvgIpc) is 2.75. The summed E-state index contributed by atoms with van der Waals surface area (Å²) < 4.78 is 1.15. The number of benzene rings is 1. The molecular weight excluding hydrogens is 308 g/mol. The van der Waals surface area contributed by atoms with Crippen LogP contribution in [-0.2, 0) is 6.42 Å². The Morgan fingerprint density at radius 1 is 1.39 bits per heavy atom. The molecule has 0 saturated carbocycles. The summed E-state index contributed by atoms with van der Waals surface area (Å²) in [4.78, 5) is 4.54. The molecule has 1 atom stereocenters. The molecule has 0 radical (unpaired) electrons. The second-order valence-electron chi connectivity index (χ2n) is 4.45. The van der Waals surface area contributed by atoms with Gasteiger partial charge in [-0.15, -0.1) is 11.3 Å². The lowest BCUT2D eigenvalue weighted by Crippen LogP contribution is -2.19. The third-order valence-corrected chi connectivity index (χ3v) is 4.63. The van der Waals surface area contributed by atoms with Gasteiger partial charge in [-0.05, 0) is 32.5 Å². The lowest BCUT2D eigenvalue weighted by atomic mass is 10.0. The van der Waals surface area contributed by atoms with Crippen molar-refractivity contribution in [1.82, 2.24) is 10.3 Å². The molecule has 0 bridgehead atoms. The molecule has 1 heterocycles. The van der Waals surface area contributed by atoms with Crippen LogP contribution in [-0.4, -0.2) is 12.0 Å². The predicted octanol–water partition coefficient (Wildman–Crippen LogP) is 4.03. The van der Waals surface area contributed by atoms with Gasteiger partial charge in [0.1, 0.15) is 0 Å². The van der Waals surface area contributed by atoms with Crippen LogP contribution in [0.1, 0.15) is 27.9 Å². The highest BCUT2D eigenvalue weighted by atomic mass is 79.9. The average molecular weight is 325 g/mol. The van der Waals surface area contributed by atoms with Gasteiger partial charge in [-0.2, -0.15) is 0 Å². The first kappa shape index (κ1) is 13.7. The molecule has 1 N–H and O–H groups in total. The Morgan fingerprint density at radius 3 is 2.78 bits per heavy atom.